The lowest BCUT2D eigenvalue weighted by Crippen LogP contribution is -2.14. The number of amides is 1. The molecule has 6 nitrogen and oxygen atoms in total. The molecule has 4 rings (SSSR count). The lowest BCUT2D eigenvalue weighted by molar-refractivity contribution is -0.113. The van der Waals surface area contributed by atoms with Crippen LogP contribution < -0.4 is 5.32 Å². The molecule has 0 fully saturated rings. The lowest BCUT2D eigenvalue weighted by Gasteiger charge is -2.07. The van der Waals surface area contributed by atoms with E-state index in [1.807, 2.05) is 19.2 Å². The Bertz CT molecular complexity index is 1200. The molecule has 0 aliphatic heterocycles. The van der Waals surface area contributed by atoms with Crippen molar-refractivity contribution in [1.82, 2.24) is 19.7 Å². The van der Waals surface area contributed by atoms with Crippen LogP contribution in [0, 0.1) is 19.7 Å². The number of hydrogen-bond acceptors (Lipinski definition) is 6. The third-order valence-corrected chi connectivity index (χ3v) is 6.08. The van der Waals surface area contributed by atoms with Crippen LogP contribution in [0.4, 0.5) is 9.52 Å². The zero-order chi connectivity index (χ0) is 21.1. The zero-order valence-corrected chi connectivity index (χ0v) is 17.9. The molecule has 2 aromatic heterocycles. The van der Waals surface area contributed by atoms with Gasteiger partial charge in [-0.3, -0.25) is 9.36 Å². The summed E-state index contributed by atoms with van der Waals surface area (Å²) in [7, 11) is 0. The molecule has 0 aliphatic carbocycles. The summed E-state index contributed by atoms with van der Waals surface area (Å²) in [4.78, 5) is 16.9. The maximum Gasteiger partial charge on any atom is 0.236 e. The number of aryl methyl sites for hydroxylation is 2. The zero-order valence-electron chi connectivity index (χ0n) is 16.3. The first-order valence-corrected chi connectivity index (χ1v) is 11.0. The number of carbonyl (C=O) groups is 1. The quantitative estimate of drug-likeness (QED) is 0.434. The Morgan fingerprint density at radius 1 is 1.23 bits per heavy atom. The van der Waals surface area contributed by atoms with Crippen LogP contribution in [0.25, 0.3) is 16.9 Å². The summed E-state index contributed by atoms with van der Waals surface area (Å²) in [5, 5.41) is 13.5. The first-order chi connectivity index (χ1) is 14.5. The van der Waals surface area contributed by atoms with Gasteiger partial charge in [-0.1, -0.05) is 41.6 Å². The molecular weight excluding hydrogens is 421 g/mol. The van der Waals surface area contributed by atoms with Crippen LogP contribution in [0.5, 0.6) is 0 Å². The van der Waals surface area contributed by atoms with E-state index in [1.165, 1.54) is 40.1 Å². The van der Waals surface area contributed by atoms with Crippen molar-refractivity contribution in [3.05, 3.63) is 71.1 Å². The molecule has 0 aliphatic rings. The highest BCUT2D eigenvalue weighted by molar-refractivity contribution is 7.99. The average Bonchev–Trinajstić information content (AvgIpc) is 3.38. The van der Waals surface area contributed by atoms with Gasteiger partial charge in [0.1, 0.15) is 12.1 Å². The molecule has 0 saturated heterocycles. The highest BCUT2D eigenvalue weighted by atomic mass is 32.2. The van der Waals surface area contributed by atoms with Crippen LogP contribution in [-0.4, -0.2) is 31.4 Å². The largest absolute Gasteiger partial charge is 0.301 e. The molecule has 0 unspecified atom stereocenters. The third kappa shape index (κ3) is 4.42. The SMILES string of the molecule is Cc1ccc(C)c(-c2csc(NC(=O)CSc3nncn3-c3ccccc3F)n2)c1. The Hall–Kier alpha value is -3.04. The molecule has 0 atom stereocenters. The molecule has 0 bridgehead atoms. The van der Waals surface area contributed by atoms with Gasteiger partial charge in [-0.25, -0.2) is 9.37 Å². The Labute approximate surface area is 181 Å². The van der Waals surface area contributed by atoms with Gasteiger partial charge in [0.2, 0.25) is 5.91 Å². The van der Waals surface area contributed by atoms with Gasteiger partial charge in [-0.2, -0.15) is 0 Å². The first kappa shape index (κ1) is 20.2. The Morgan fingerprint density at radius 2 is 2.07 bits per heavy atom. The van der Waals surface area contributed by atoms with Crippen molar-refractivity contribution >= 4 is 34.1 Å². The number of aromatic nitrogens is 4. The van der Waals surface area contributed by atoms with E-state index in [1.54, 1.807) is 18.2 Å². The van der Waals surface area contributed by atoms with Gasteiger partial charge < -0.3 is 5.32 Å². The van der Waals surface area contributed by atoms with Gasteiger partial charge in [0, 0.05) is 10.9 Å². The number of carbonyl (C=O) groups excluding carboxylic acids is 1. The summed E-state index contributed by atoms with van der Waals surface area (Å²) in [6.45, 7) is 4.07. The van der Waals surface area contributed by atoms with Crippen molar-refractivity contribution in [3.63, 3.8) is 0 Å². The Balaban J connectivity index is 1.41. The number of nitrogens with zero attached hydrogens (tertiary/aromatic N) is 4. The molecule has 0 radical (unpaired) electrons. The summed E-state index contributed by atoms with van der Waals surface area (Å²) < 4.78 is 15.6. The van der Waals surface area contributed by atoms with Crippen molar-refractivity contribution < 1.29 is 9.18 Å². The van der Waals surface area contributed by atoms with Gasteiger partial charge in [0.25, 0.3) is 0 Å². The number of nitrogens with one attached hydrogen (secondary N) is 1. The van der Waals surface area contributed by atoms with Gasteiger partial charge in [0.15, 0.2) is 10.3 Å². The maximum absolute atomic E-state index is 14.0. The summed E-state index contributed by atoms with van der Waals surface area (Å²) in [5.74, 6) is -0.499. The highest BCUT2D eigenvalue weighted by Crippen LogP contribution is 2.28. The number of halogens is 1. The van der Waals surface area contributed by atoms with E-state index in [2.05, 4.69) is 38.7 Å². The second-order valence-electron chi connectivity index (χ2n) is 6.63. The van der Waals surface area contributed by atoms with E-state index >= 15 is 0 Å². The molecule has 1 amide bonds. The number of rotatable bonds is 6. The second kappa shape index (κ2) is 8.76. The van der Waals surface area contributed by atoms with Crippen molar-refractivity contribution in [1.29, 1.82) is 0 Å². The van der Waals surface area contributed by atoms with Gasteiger partial charge in [-0.15, -0.1) is 21.5 Å². The third-order valence-electron chi connectivity index (χ3n) is 4.38. The fourth-order valence-electron chi connectivity index (χ4n) is 2.89. The molecular formula is C21H18FN5OS2. The summed E-state index contributed by atoms with van der Waals surface area (Å²) in [5.41, 5.74) is 4.52. The summed E-state index contributed by atoms with van der Waals surface area (Å²) in [6, 6.07) is 12.6. The average molecular weight is 440 g/mol. The maximum atomic E-state index is 14.0. The van der Waals surface area contributed by atoms with E-state index in [-0.39, 0.29) is 17.5 Å². The normalized spacial score (nSPS) is 10.9. The van der Waals surface area contributed by atoms with E-state index in [9.17, 15) is 9.18 Å². The molecule has 0 spiro atoms. The molecule has 4 aromatic rings. The minimum absolute atomic E-state index is 0.103. The Kier molecular flexibility index (Phi) is 5.91. The van der Waals surface area contributed by atoms with Crippen LogP contribution in [0.3, 0.4) is 0 Å². The number of anilines is 1. The van der Waals surface area contributed by atoms with Crippen molar-refractivity contribution in [2.75, 3.05) is 11.1 Å². The summed E-state index contributed by atoms with van der Waals surface area (Å²) >= 11 is 2.56. The van der Waals surface area contributed by atoms with Gasteiger partial charge >= 0.3 is 0 Å². The van der Waals surface area contributed by atoms with E-state index in [0.29, 0.717) is 16.0 Å². The molecule has 152 valence electrons. The van der Waals surface area contributed by atoms with E-state index < -0.39 is 0 Å². The molecule has 2 aromatic carbocycles. The monoisotopic (exact) mass is 439 g/mol. The van der Waals surface area contributed by atoms with Crippen molar-refractivity contribution in [3.8, 4) is 16.9 Å². The molecule has 1 N–H and O–H groups in total. The highest BCUT2D eigenvalue weighted by Gasteiger charge is 2.14. The smallest absolute Gasteiger partial charge is 0.236 e. The molecule has 0 saturated carbocycles. The van der Waals surface area contributed by atoms with E-state index in [0.717, 1.165) is 22.4 Å². The van der Waals surface area contributed by atoms with Crippen molar-refractivity contribution in [2.45, 2.75) is 19.0 Å². The lowest BCUT2D eigenvalue weighted by atomic mass is 10.0. The summed E-state index contributed by atoms with van der Waals surface area (Å²) in [6.07, 6.45) is 1.43. The second-order valence-corrected chi connectivity index (χ2v) is 8.43. The number of thioether (sulfide) groups is 1. The van der Waals surface area contributed by atoms with Gasteiger partial charge in [-0.05, 0) is 37.6 Å². The van der Waals surface area contributed by atoms with Crippen LogP contribution in [0.15, 0.2) is 59.3 Å². The van der Waals surface area contributed by atoms with E-state index in [4.69, 9.17) is 0 Å². The van der Waals surface area contributed by atoms with Crippen molar-refractivity contribution in [2.24, 2.45) is 0 Å². The number of benzene rings is 2. The Morgan fingerprint density at radius 3 is 2.90 bits per heavy atom. The molecule has 9 heteroatoms. The van der Waals surface area contributed by atoms with Gasteiger partial charge in [0.05, 0.1) is 17.1 Å². The number of para-hydroxylation sites is 1. The van der Waals surface area contributed by atoms with Crippen LogP contribution in [-0.2, 0) is 4.79 Å². The fourth-order valence-corrected chi connectivity index (χ4v) is 4.34. The first-order valence-electron chi connectivity index (χ1n) is 9.12. The predicted molar refractivity (Wildman–Crippen MR) is 118 cm³/mol. The number of thiazole rings is 1. The standard InChI is InChI=1S/C21H18FN5OS2/c1-13-7-8-14(2)15(9-13)17-10-29-20(24-17)25-19(28)11-30-21-26-23-12-27(21)18-6-4-3-5-16(18)22/h3-10,12H,11H2,1-2H3,(H,24,25,28). The number of hydrogen-bond donors (Lipinski definition) is 1. The van der Waals surface area contributed by atoms with Crippen LogP contribution >= 0.6 is 23.1 Å². The van der Waals surface area contributed by atoms with Crippen LogP contribution in [0.1, 0.15) is 11.1 Å². The minimum atomic E-state index is -0.384. The fraction of sp³-hybridized carbons (Fsp3) is 0.143. The molecule has 2 heterocycles. The van der Waals surface area contributed by atoms with Crippen LogP contribution in [0.2, 0.25) is 0 Å². The molecule has 30 heavy (non-hydrogen) atoms. The predicted octanol–water partition coefficient (Wildman–Crippen LogP) is 4.88. The minimum Gasteiger partial charge on any atom is -0.301 e. The topological polar surface area (TPSA) is 72.7 Å².